The van der Waals surface area contributed by atoms with Crippen molar-refractivity contribution in [1.82, 2.24) is 4.57 Å². The van der Waals surface area contributed by atoms with E-state index in [1.807, 2.05) is 0 Å². The molecule has 0 saturated heterocycles. The Kier molecular flexibility index (Phi) is 5.19. The van der Waals surface area contributed by atoms with Crippen LogP contribution in [0.3, 0.4) is 0 Å². The number of ether oxygens (including phenoxy) is 2. The number of aromatic nitrogens is 1. The molecule has 0 fully saturated rings. The first-order valence-corrected chi connectivity index (χ1v) is 7.26. The van der Waals surface area contributed by atoms with Gasteiger partial charge in [-0.05, 0) is 25.1 Å². The fourth-order valence-electron chi connectivity index (χ4n) is 2.27. The summed E-state index contributed by atoms with van der Waals surface area (Å²) in [5.41, 5.74) is 4.93. The van der Waals surface area contributed by atoms with Gasteiger partial charge in [-0.3, -0.25) is 9.36 Å². The van der Waals surface area contributed by atoms with Crippen molar-refractivity contribution in [2.45, 2.75) is 6.92 Å². The highest BCUT2D eigenvalue weighted by Gasteiger charge is 2.22. The van der Waals surface area contributed by atoms with Crippen LogP contribution in [-0.2, 0) is 9.47 Å². The number of hydrogen-bond donors (Lipinski definition) is 1. The zero-order valence-electron chi connectivity index (χ0n) is 13.6. The molecular formula is C17H15N3O5. The first kappa shape index (κ1) is 17.7. The van der Waals surface area contributed by atoms with Gasteiger partial charge in [0.1, 0.15) is 23.0 Å². The van der Waals surface area contributed by atoms with Crippen molar-refractivity contribution in [3.8, 4) is 11.8 Å². The average molecular weight is 341 g/mol. The first-order valence-electron chi connectivity index (χ1n) is 7.26. The van der Waals surface area contributed by atoms with E-state index in [1.165, 1.54) is 19.2 Å². The molecule has 0 spiro atoms. The molecule has 0 atom stereocenters. The molecule has 0 radical (unpaired) electrons. The lowest BCUT2D eigenvalue weighted by Gasteiger charge is -2.16. The number of nitriles is 1. The Labute approximate surface area is 143 Å². The number of carbonyl (C=O) groups is 2. The summed E-state index contributed by atoms with van der Waals surface area (Å²) < 4.78 is 10.5. The Morgan fingerprint density at radius 1 is 1.24 bits per heavy atom. The number of esters is 2. The van der Waals surface area contributed by atoms with Crippen LogP contribution in [-0.4, -0.2) is 30.2 Å². The normalized spacial score (nSPS) is 9.96. The van der Waals surface area contributed by atoms with Crippen molar-refractivity contribution in [1.29, 1.82) is 5.26 Å². The molecular weight excluding hydrogens is 326 g/mol. The van der Waals surface area contributed by atoms with Crippen molar-refractivity contribution < 1.29 is 19.1 Å². The number of hydrogen-bond acceptors (Lipinski definition) is 7. The van der Waals surface area contributed by atoms with Crippen molar-refractivity contribution in [3.63, 3.8) is 0 Å². The molecule has 2 rings (SSSR count). The van der Waals surface area contributed by atoms with Gasteiger partial charge < -0.3 is 15.2 Å². The third kappa shape index (κ3) is 3.21. The standard InChI is InChI=1S/C17H15N3O5/c1-3-25-17(23)12-8-10(9-18)15(21)20(14(12)19)13-7-5-4-6-11(13)16(22)24-2/h4-8H,3,19H2,1-2H3. The molecule has 1 aromatic carbocycles. The number of carbonyl (C=O) groups excluding carboxylic acids is 2. The van der Waals surface area contributed by atoms with E-state index in [0.29, 0.717) is 0 Å². The van der Waals surface area contributed by atoms with Crippen LogP contribution in [0.5, 0.6) is 0 Å². The number of nitrogen functional groups attached to an aromatic ring is 1. The van der Waals surface area contributed by atoms with E-state index in [-0.39, 0.29) is 34.8 Å². The summed E-state index contributed by atoms with van der Waals surface area (Å²) in [5.74, 6) is -1.71. The minimum atomic E-state index is -0.777. The van der Waals surface area contributed by atoms with Crippen LogP contribution in [0.4, 0.5) is 5.82 Å². The van der Waals surface area contributed by atoms with Gasteiger partial charge in [-0.2, -0.15) is 5.26 Å². The Hall–Kier alpha value is -3.60. The molecule has 2 aromatic rings. The van der Waals surface area contributed by atoms with E-state index in [1.54, 1.807) is 25.1 Å². The molecule has 0 aliphatic carbocycles. The average Bonchev–Trinajstić information content (AvgIpc) is 2.62. The largest absolute Gasteiger partial charge is 0.465 e. The van der Waals surface area contributed by atoms with Crippen LogP contribution in [0, 0.1) is 11.3 Å². The quantitative estimate of drug-likeness (QED) is 0.830. The van der Waals surface area contributed by atoms with Crippen LogP contribution in [0.1, 0.15) is 33.2 Å². The summed E-state index contributed by atoms with van der Waals surface area (Å²) in [7, 11) is 1.20. The van der Waals surface area contributed by atoms with Crippen LogP contribution in [0.25, 0.3) is 5.69 Å². The van der Waals surface area contributed by atoms with Crippen molar-refractivity contribution in [2.75, 3.05) is 19.5 Å². The van der Waals surface area contributed by atoms with Gasteiger partial charge >= 0.3 is 11.9 Å². The molecule has 2 N–H and O–H groups in total. The minimum absolute atomic E-state index is 0.0590. The van der Waals surface area contributed by atoms with Gasteiger partial charge in [-0.25, -0.2) is 9.59 Å². The highest BCUT2D eigenvalue weighted by Crippen LogP contribution is 2.21. The lowest BCUT2D eigenvalue weighted by molar-refractivity contribution is 0.0526. The summed E-state index contributed by atoms with van der Waals surface area (Å²) in [4.78, 5) is 36.6. The molecule has 0 unspecified atom stereocenters. The summed E-state index contributed by atoms with van der Waals surface area (Å²) in [6.07, 6.45) is 0. The number of rotatable bonds is 4. The number of para-hydroxylation sites is 1. The second-order valence-corrected chi connectivity index (χ2v) is 4.84. The predicted molar refractivity (Wildman–Crippen MR) is 88.5 cm³/mol. The third-order valence-electron chi connectivity index (χ3n) is 3.41. The van der Waals surface area contributed by atoms with E-state index in [9.17, 15) is 19.6 Å². The molecule has 0 amide bonds. The van der Waals surface area contributed by atoms with Crippen LogP contribution < -0.4 is 11.3 Å². The molecule has 0 bridgehead atoms. The zero-order valence-corrected chi connectivity index (χ0v) is 13.6. The van der Waals surface area contributed by atoms with E-state index in [2.05, 4.69) is 0 Å². The number of methoxy groups -OCH3 is 1. The number of nitrogens with zero attached hydrogens (tertiary/aromatic N) is 2. The van der Waals surface area contributed by atoms with E-state index in [0.717, 1.165) is 10.6 Å². The molecule has 8 heteroatoms. The number of nitrogens with two attached hydrogens (primary N) is 1. The Morgan fingerprint density at radius 2 is 1.92 bits per heavy atom. The Morgan fingerprint density at radius 3 is 2.52 bits per heavy atom. The summed E-state index contributed by atoms with van der Waals surface area (Å²) in [6, 6.07) is 8.86. The first-order chi connectivity index (χ1) is 12.0. The molecule has 0 aliphatic rings. The smallest absolute Gasteiger partial charge is 0.341 e. The topological polar surface area (TPSA) is 124 Å². The van der Waals surface area contributed by atoms with Gasteiger partial charge in [0.25, 0.3) is 5.56 Å². The van der Waals surface area contributed by atoms with Crippen LogP contribution in [0.15, 0.2) is 35.1 Å². The second kappa shape index (κ2) is 7.31. The number of benzene rings is 1. The predicted octanol–water partition coefficient (Wildman–Crippen LogP) is 1.25. The number of anilines is 1. The highest BCUT2D eigenvalue weighted by molar-refractivity contribution is 5.96. The summed E-state index contributed by atoms with van der Waals surface area (Å²) >= 11 is 0. The second-order valence-electron chi connectivity index (χ2n) is 4.84. The lowest BCUT2D eigenvalue weighted by Crippen LogP contribution is -2.28. The van der Waals surface area contributed by atoms with Crippen molar-refractivity contribution >= 4 is 17.8 Å². The zero-order chi connectivity index (χ0) is 18.6. The lowest BCUT2D eigenvalue weighted by atomic mass is 10.1. The monoisotopic (exact) mass is 341 g/mol. The Balaban J connectivity index is 2.86. The molecule has 0 aliphatic heterocycles. The highest BCUT2D eigenvalue weighted by atomic mass is 16.5. The van der Waals surface area contributed by atoms with Gasteiger partial charge in [0, 0.05) is 0 Å². The van der Waals surface area contributed by atoms with Gasteiger partial charge in [-0.1, -0.05) is 12.1 Å². The summed E-state index contributed by atoms with van der Waals surface area (Å²) in [5, 5.41) is 9.19. The maximum absolute atomic E-state index is 12.6. The number of pyridine rings is 1. The van der Waals surface area contributed by atoms with Crippen LogP contribution >= 0.6 is 0 Å². The molecule has 0 saturated carbocycles. The van der Waals surface area contributed by atoms with E-state index >= 15 is 0 Å². The SMILES string of the molecule is CCOC(=O)c1cc(C#N)c(=O)n(-c2ccccc2C(=O)OC)c1N. The molecule has 128 valence electrons. The maximum atomic E-state index is 12.6. The van der Waals surface area contributed by atoms with Gasteiger partial charge in [0.05, 0.1) is 25.0 Å². The van der Waals surface area contributed by atoms with Crippen molar-refractivity contribution in [3.05, 3.63) is 57.4 Å². The van der Waals surface area contributed by atoms with Gasteiger partial charge in [0.15, 0.2) is 0 Å². The molecule has 1 heterocycles. The molecule has 8 nitrogen and oxygen atoms in total. The fraction of sp³-hybridized carbons (Fsp3) is 0.176. The van der Waals surface area contributed by atoms with E-state index < -0.39 is 17.5 Å². The maximum Gasteiger partial charge on any atom is 0.341 e. The molecule has 1 aromatic heterocycles. The third-order valence-corrected chi connectivity index (χ3v) is 3.41. The van der Waals surface area contributed by atoms with Gasteiger partial charge in [0.2, 0.25) is 0 Å². The molecule has 25 heavy (non-hydrogen) atoms. The van der Waals surface area contributed by atoms with E-state index in [4.69, 9.17) is 15.2 Å². The Bertz CT molecular complexity index is 940. The summed E-state index contributed by atoms with van der Waals surface area (Å²) in [6.45, 7) is 1.71. The minimum Gasteiger partial charge on any atom is -0.465 e. The van der Waals surface area contributed by atoms with Crippen molar-refractivity contribution in [2.24, 2.45) is 0 Å². The fourth-order valence-corrected chi connectivity index (χ4v) is 2.27. The van der Waals surface area contributed by atoms with Crippen LogP contribution in [0.2, 0.25) is 0 Å². The van der Waals surface area contributed by atoms with Gasteiger partial charge in [-0.15, -0.1) is 0 Å².